The number of aromatic nitrogens is 3. The molecule has 7 aromatic carbocycles. The van der Waals surface area contributed by atoms with Gasteiger partial charge in [-0.3, -0.25) is 0 Å². The van der Waals surface area contributed by atoms with Gasteiger partial charge in [0, 0.05) is 27.5 Å². The van der Waals surface area contributed by atoms with Crippen LogP contribution in [0.15, 0.2) is 168 Å². The fourth-order valence-corrected chi connectivity index (χ4v) is 6.36. The van der Waals surface area contributed by atoms with Crippen LogP contribution in [0.1, 0.15) is 0 Å². The summed E-state index contributed by atoms with van der Waals surface area (Å²) in [7, 11) is 0. The summed E-state index contributed by atoms with van der Waals surface area (Å²) < 4.78 is 6.64. The van der Waals surface area contributed by atoms with E-state index < -0.39 is 0 Å². The van der Waals surface area contributed by atoms with Crippen molar-refractivity contribution in [1.82, 2.24) is 15.0 Å². The van der Waals surface area contributed by atoms with Gasteiger partial charge >= 0.3 is 0 Å². The van der Waals surface area contributed by atoms with Crippen molar-refractivity contribution in [2.45, 2.75) is 0 Å². The molecule has 0 atom stereocenters. The van der Waals surface area contributed by atoms with E-state index in [4.69, 9.17) is 19.4 Å². The maximum Gasteiger partial charge on any atom is 0.164 e. The quantitative estimate of drug-likeness (QED) is 0.197. The van der Waals surface area contributed by atoms with E-state index in [-0.39, 0.29) is 0 Å². The first-order chi connectivity index (χ1) is 23.3. The first-order valence-corrected chi connectivity index (χ1v) is 15.7. The Bertz CT molecular complexity index is 2480. The Morgan fingerprint density at radius 3 is 1.40 bits per heavy atom. The average molecular weight is 602 g/mol. The highest BCUT2D eigenvalue weighted by molar-refractivity contribution is 6.16. The standard InChI is InChI=1S/C43H27N3O/c1-4-12-28(13-5-1)29-20-22-30(23-21-29)36-25-35(27-39-40(36)37-24-33-18-10-11-19-34(33)26-38(37)47-39)43-45-41(31-14-6-2-7-15-31)44-42(46-43)32-16-8-3-9-17-32/h1-27H. The van der Waals surface area contributed by atoms with Gasteiger partial charge in [-0.05, 0) is 57.3 Å². The predicted octanol–water partition coefficient (Wildman–Crippen LogP) is 11.3. The van der Waals surface area contributed by atoms with Crippen molar-refractivity contribution < 1.29 is 4.42 Å². The SMILES string of the molecule is c1ccc(-c2ccc(-c3cc(-c4nc(-c5ccccc5)nc(-c5ccccc5)n4)cc4oc5cc6ccccc6cc5c34)cc2)cc1. The third kappa shape index (κ3) is 4.93. The monoisotopic (exact) mass is 601 g/mol. The summed E-state index contributed by atoms with van der Waals surface area (Å²) in [5.41, 5.74) is 8.87. The zero-order valence-corrected chi connectivity index (χ0v) is 25.3. The lowest BCUT2D eigenvalue weighted by Gasteiger charge is -2.11. The normalized spacial score (nSPS) is 11.4. The molecule has 9 rings (SSSR count). The molecule has 0 amide bonds. The van der Waals surface area contributed by atoms with Crippen LogP contribution >= 0.6 is 0 Å². The molecule has 220 valence electrons. The zero-order valence-electron chi connectivity index (χ0n) is 25.3. The highest BCUT2D eigenvalue weighted by Gasteiger charge is 2.19. The molecule has 0 N–H and O–H groups in total. The van der Waals surface area contributed by atoms with Gasteiger partial charge in [-0.2, -0.15) is 0 Å². The smallest absolute Gasteiger partial charge is 0.164 e. The van der Waals surface area contributed by atoms with Gasteiger partial charge in [-0.25, -0.2) is 15.0 Å². The van der Waals surface area contributed by atoms with Crippen LogP contribution in [-0.4, -0.2) is 15.0 Å². The van der Waals surface area contributed by atoms with Crippen molar-refractivity contribution in [3.8, 4) is 56.4 Å². The summed E-state index contributed by atoms with van der Waals surface area (Å²) in [5.74, 6) is 1.84. The molecule has 2 aromatic heterocycles. The molecule has 4 heteroatoms. The van der Waals surface area contributed by atoms with E-state index in [0.29, 0.717) is 17.5 Å². The molecular weight excluding hydrogens is 574 g/mol. The minimum absolute atomic E-state index is 0.590. The van der Waals surface area contributed by atoms with Crippen molar-refractivity contribution >= 4 is 32.7 Å². The van der Waals surface area contributed by atoms with Crippen molar-refractivity contribution in [1.29, 1.82) is 0 Å². The van der Waals surface area contributed by atoms with Crippen molar-refractivity contribution in [3.05, 3.63) is 164 Å². The number of benzene rings is 7. The number of hydrogen-bond acceptors (Lipinski definition) is 4. The second kappa shape index (κ2) is 11.2. The van der Waals surface area contributed by atoms with Crippen LogP contribution in [0.4, 0.5) is 0 Å². The van der Waals surface area contributed by atoms with Gasteiger partial charge in [0.25, 0.3) is 0 Å². The molecule has 0 aliphatic heterocycles. The molecular formula is C43H27N3O. The van der Waals surface area contributed by atoms with Crippen LogP contribution in [0, 0.1) is 0 Å². The number of hydrogen-bond donors (Lipinski definition) is 0. The van der Waals surface area contributed by atoms with Crippen LogP contribution < -0.4 is 0 Å². The fraction of sp³-hybridized carbons (Fsp3) is 0. The maximum atomic E-state index is 6.64. The summed E-state index contributed by atoms with van der Waals surface area (Å²) in [4.78, 5) is 15.0. The topological polar surface area (TPSA) is 51.8 Å². The number of furan rings is 1. The lowest BCUT2D eigenvalue weighted by molar-refractivity contribution is 0.669. The molecule has 0 aliphatic rings. The first-order valence-electron chi connectivity index (χ1n) is 15.7. The van der Waals surface area contributed by atoms with Gasteiger partial charge in [-0.1, -0.05) is 140 Å². The molecule has 0 spiro atoms. The lowest BCUT2D eigenvalue weighted by atomic mass is 9.94. The van der Waals surface area contributed by atoms with Gasteiger partial charge in [0.1, 0.15) is 11.2 Å². The van der Waals surface area contributed by atoms with Crippen molar-refractivity contribution in [3.63, 3.8) is 0 Å². The van der Waals surface area contributed by atoms with E-state index >= 15 is 0 Å². The van der Waals surface area contributed by atoms with E-state index in [1.807, 2.05) is 66.7 Å². The average Bonchev–Trinajstić information content (AvgIpc) is 3.51. The summed E-state index contributed by atoms with van der Waals surface area (Å²) in [5, 5.41) is 4.47. The summed E-state index contributed by atoms with van der Waals surface area (Å²) in [6, 6.07) is 56.4. The molecule has 0 saturated heterocycles. The van der Waals surface area contributed by atoms with Crippen LogP contribution in [0.3, 0.4) is 0 Å². The Morgan fingerprint density at radius 2 is 0.809 bits per heavy atom. The third-order valence-corrected chi connectivity index (χ3v) is 8.70. The summed E-state index contributed by atoms with van der Waals surface area (Å²) in [6.07, 6.45) is 0. The lowest BCUT2D eigenvalue weighted by Crippen LogP contribution is -2.00. The van der Waals surface area contributed by atoms with E-state index in [2.05, 4.69) is 97.1 Å². The summed E-state index contributed by atoms with van der Waals surface area (Å²) >= 11 is 0. The molecule has 4 nitrogen and oxygen atoms in total. The molecule has 9 aromatic rings. The molecule has 0 saturated carbocycles. The zero-order chi connectivity index (χ0) is 31.2. The number of rotatable bonds is 5. The van der Waals surface area contributed by atoms with E-state index in [0.717, 1.165) is 55.1 Å². The fourth-order valence-electron chi connectivity index (χ4n) is 6.36. The Kier molecular flexibility index (Phi) is 6.43. The second-order valence-electron chi connectivity index (χ2n) is 11.7. The van der Waals surface area contributed by atoms with E-state index in [9.17, 15) is 0 Å². The van der Waals surface area contributed by atoms with Crippen molar-refractivity contribution in [2.75, 3.05) is 0 Å². The van der Waals surface area contributed by atoms with Crippen LogP contribution in [-0.2, 0) is 0 Å². The highest BCUT2D eigenvalue weighted by Crippen LogP contribution is 2.41. The van der Waals surface area contributed by atoms with E-state index in [1.165, 1.54) is 16.5 Å². The van der Waals surface area contributed by atoms with Crippen LogP contribution in [0.25, 0.3) is 89.1 Å². The third-order valence-electron chi connectivity index (χ3n) is 8.70. The minimum atomic E-state index is 0.590. The van der Waals surface area contributed by atoms with Gasteiger partial charge in [0.05, 0.1) is 0 Å². The van der Waals surface area contributed by atoms with Gasteiger partial charge in [-0.15, -0.1) is 0 Å². The Hall–Kier alpha value is -6.39. The first kappa shape index (κ1) is 27.0. The molecule has 0 bridgehead atoms. The molecule has 0 aliphatic carbocycles. The maximum absolute atomic E-state index is 6.64. The molecule has 47 heavy (non-hydrogen) atoms. The Balaban J connectivity index is 1.30. The van der Waals surface area contributed by atoms with Crippen LogP contribution in [0.5, 0.6) is 0 Å². The summed E-state index contributed by atoms with van der Waals surface area (Å²) in [6.45, 7) is 0. The number of nitrogens with zero attached hydrogens (tertiary/aromatic N) is 3. The van der Waals surface area contributed by atoms with Gasteiger partial charge < -0.3 is 4.42 Å². The molecule has 2 heterocycles. The highest BCUT2D eigenvalue weighted by atomic mass is 16.3. The van der Waals surface area contributed by atoms with Crippen molar-refractivity contribution in [2.24, 2.45) is 0 Å². The largest absolute Gasteiger partial charge is 0.456 e. The molecule has 0 radical (unpaired) electrons. The molecule has 0 fully saturated rings. The second-order valence-corrected chi connectivity index (χ2v) is 11.7. The molecule has 0 unspecified atom stereocenters. The van der Waals surface area contributed by atoms with Crippen LogP contribution in [0.2, 0.25) is 0 Å². The number of fused-ring (bicyclic) bond motifs is 4. The Labute approximate surface area is 271 Å². The van der Waals surface area contributed by atoms with Gasteiger partial charge in [0.2, 0.25) is 0 Å². The predicted molar refractivity (Wildman–Crippen MR) is 192 cm³/mol. The Morgan fingerprint density at radius 1 is 0.340 bits per heavy atom. The minimum Gasteiger partial charge on any atom is -0.456 e. The van der Waals surface area contributed by atoms with E-state index in [1.54, 1.807) is 0 Å². The van der Waals surface area contributed by atoms with Gasteiger partial charge in [0.15, 0.2) is 17.5 Å².